The Kier molecular flexibility index (Phi) is 5.03. The average Bonchev–Trinajstić information content (AvgIpc) is 2.52. The zero-order valence-corrected chi connectivity index (χ0v) is 18.4. The van der Waals surface area contributed by atoms with Crippen molar-refractivity contribution in [3.05, 3.63) is 0 Å². The van der Waals surface area contributed by atoms with Gasteiger partial charge in [0.15, 0.2) is 0 Å². The van der Waals surface area contributed by atoms with Crippen molar-refractivity contribution in [2.45, 2.75) is 80.3 Å². The summed E-state index contributed by atoms with van der Waals surface area (Å²) in [6.07, 6.45) is 5.59. The molecule has 1 nitrogen and oxygen atoms in total. The van der Waals surface area contributed by atoms with Gasteiger partial charge >= 0.3 is 0 Å². The van der Waals surface area contributed by atoms with Crippen LogP contribution in [0.5, 0.6) is 0 Å². The highest BCUT2D eigenvalue weighted by Crippen LogP contribution is 2.76. The number of aliphatic hydroxyl groups excluding tert-OH is 1. The average molecular weight is 361 g/mol. The van der Waals surface area contributed by atoms with Crippen LogP contribution in [-0.4, -0.2) is 11.2 Å². The number of hydrogen-bond acceptors (Lipinski definition) is 1. The fourth-order valence-electron chi connectivity index (χ4n) is 8.82. The third-order valence-electron chi connectivity index (χ3n) is 10.3. The second-order valence-electron chi connectivity index (χ2n) is 11.5. The Morgan fingerprint density at radius 1 is 0.885 bits per heavy atom. The van der Waals surface area contributed by atoms with E-state index in [9.17, 15) is 5.11 Å². The van der Waals surface area contributed by atoms with Gasteiger partial charge in [0.1, 0.15) is 0 Å². The number of fused-ring (bicyclic) bond motifs is 4. The first-order valence-electron chi connectivity index (χ1n) is 12.0. The highest BCUT2D eigenvalue weighted by molar-refractivity contribution is 5.21. The standard InChI is InChI=1S/C25H44O/c1-8-17-22-23-20(16(7)21(23)24(22)25(17)26)15(6)19-10-9-18(19)14(5)13(4)11-12(2)3/h12-26H,8-11H2,1-7H3. The first-order chi connectivity index (χ1) is 12.3. The van der Waals surface area contributed by atoms with Crippen molar-refractivity contribution in [3.63, 3.8) is 0 Å². The molecule has 4 aliphatic carbocycles. The molecule has 26 heavy (non-hydrogen) atoms. The van der Waals surface area contributed by atoms with E-state index in [4.69, 9.17) is 0 Å². The van der Waals surface area contributed by atoms with E-state index in [1.54, 1.807) is 0 Å². The minimum atomic E-state index is 0.0401. The molecule has 0 aromatic carbocycles. The second kappa shape index (κ2) is 6.78. The van der Waals surface area contributed by atoms with Crippen molar-refractivity contribution in [1.82, 2.24) is 0 Å². The van der Waals surface area contributed by atoms with E-state index in [0.717, 1.165) is 65.1 Å². The highest BCUT2D eigenvalue weighted by atomic mass is 16.3. The van der Waals surface area contributed by atoms with Crippen LogP contribution in [0, 0.1) is 76.9 Å². The zero-order valence-electron chi connectivity index (χ0n) is 18.4. The van der Waals surface area contributed by atoms with Crippen molar-refractivity contribution in [2.24, 2.45) is 76.9 Å². The van der Waals surface area contributed by atoms with Crippen LogP contribution in [0.3, 0.4) is 0 Å². The van der Waals surface area contributed by atoms with Crippen molar-refractivity contribution >= 4 is 0 Å². The lowest BCUT2D eigenvalue weighted by molar-refractivity contribution is -0.335. The largest absolute Gasteiger partial charge is 0.393 e. The SMILES string of the molecule is CCC1C(O)C2C3C(C)C(C(C)C4CCC4C(C)C(C)CC(C)C)C3C12. The molecule has 0 aromatic rings. The van der Waals surface area contributed by atoms with Gasteiger partial charge in [-0.15, -0.1) is 0 Å². The van der Waals surface area contributed by atoms with Crippen molar-refractivity contribution in [2.75, 3.05) is 0 Å². The molecule has 0 aromatic heterocycles. The quantitative estimate of drug-likeness (QED) is 0.580. The molecular weight excluding hydrogens is 316 g/mol. The second-order valence-corrected chi connectivity index (χ2v) is 11.5. The molecule has 4 aliphatic rings. The minimum Gasteiger partial charge on any atom is -0.393 e. The molecule has 0 spiro atoms. The molecule has 0 saturated heterocycles. The fraction of sp³-hybridized carbons (Fsp3) is 1.00. The van der Waals surface area contributed by atoms with E-state index in [0.29, 0.717) is 11.8 Å². The summed E-state index contributed by atoms with van der Waals surface area (Å²) in [6, 6.07) is 0. The Morgan fingerprint density at radius 2 is 1.54 bits per heavy atom. The van der Waals surface area contributed by atoms with E-state index in [-0.39, 0.29) is 6.10 Å². The molecule has 150 valence electrons. The normalized spacial score (nSPS) is 52.5. The van der Waals surface area contributed by atoms with Crippen LogP contribution in [0.15, 0.2) is 0 Å². The Hall–Kier alpha value is -0.0400. The summed E-state index contributed by atoms with van der Waals surface area (Å²) in [5, 5.41) is 10.5. The van der Waals surface area contributed by atoms with Crippen LogP contribution < -0.4 is 0 Å². The molecule has 1 heteroatoms. The van der Waals surface area contributed by atoms with Gasteiger partial charge in [-0.1, -0.05) is 54.9 Å². The van der Waals surface area contributed by atoms with Crippen molar-refractivity contribution in [3.8, 4) is 0 Å². The van der Waals surface area contributed by atoms with E-state index < -0.39 is 0 Å². The van der Waals surface area contributed by atoms with Gasteiger partial charge in [0.05, 0.1) is 6.10 Å². The van der Waals surface area contributed by atoms with Crippen LogP contribution >= 0.6 is 0 Å². The van der Waals surface area contributed by atoms with Gasteiger partial charge in [0.25, 0.3) is 0 Å². The molecule has 13 unspecified atom stereocenters. The smallest absolute Gasteiger partial charge is 0.0605 e. The van der Waals surface area contributed by atoms with Gasteiger partial charge in [0.2, 0.25) is 0 Å². The van der Waals surface area contributed by atoms with E-state index >= 15 is 0 Å². The summed E-state index contributed by atoms with van der Waals surface area (Å²) in [5.74, 6) is 11.4. The van der Waals surface area contributed by atoms with E-state index in [2.05, 4.69) is 48.5 Å². The maximum atomic E-state index is 10.5. The van der Waals surface area contributed by atoms with Crippen LogP contribution in [0.2, 0.25) is 0 Å². The van der Waals surface area contributed by atoms with Crippen LogP contribution in [0.4, 0.5) is 0 Å². The lowest BCUT2D eigenvalue weighted by atomic mass is 9.27. The number of aliphatic hydroxyl groups is 1. The number of rotatable bonds is 7. The van der Waals surface area contributed by atoms with Gasteiger partial charge in [-0.05, 0) is 96.2 Å². The lowest BCUT2D eigenvalue weighted by Crippen LogP contribution is -2.77. The Morgan fingerprint density at radius 3 is 2.08 bits per heavy atom. The van der Waals surface area contributed by atoms with Gasteiger partial charge in [-0.2, -0.15) is 0 Å². The van der Waals surface area contributed by atoms with E-state index in [1.807, 2.05) is 0 Å². The zero-order chi connectivity index (χ0) is 18.9. The Bertz CT molecular complexity index is 512. The third kappa shape index (κ3) is 2.51. The third-order valence-corrected chi connectivity index (χ3v) is 10.3. The van der Waals surface area contributed by atoms with Gasteiger partial charge in [0, 0.05) is 0 Å². The Balaban J connectivity index is 1.38. The summed E-state index contributed by atoms with van der Waals surface area (Å²) >= 11 is 0. The molecule has 4 fully saturated rings. The summed E-state index contributed by atoms with van der Waals surface area (Å²) < 4.78 is 0. The molecule has 4 saturated carbocycles. The lowest BCUT2D eigenvalue weighted by Gasteiger charge is -2.78. The molecule has 0 aliphatic heterocycles. The summed E-state index contributed by atoms with van der Waals surface area (Å²) in [6.45, 7) is 17.2. The van der Waals surface area contributed by atoms with Gasteiger partial charge < -0.3 is 5.11 Å². The van der Waals surface area contributed by atoms with Crippen LogP contribution in [0.25, 0.3) is 0 Å². The minimum absolute atomic E-state index is 0.0401. The molecular formula is C25H44O. The summed E-state index contributed by atoms with van der Waals surface area (Å²) in [5.41, 5.74) is 0. The Labute approximate surface area is 162 Å². The highest BCUT2D eigenvalue weighted by Gasteiger charge is 2.74. The maximum absolute atomic E-state index is 10.5. The molecule has 0 heterocycles. The molecule has 13 atom stereocenters. The monoisotopic (exact) mass is 360 g/mol. The molecule has 0 bridgehead atoms. The fourth-order valence-corrected chi connectivity index (χ4v) is 8.82. The molecule has 0 radical (unpaired) electrons. The van der Waals surface area contributed by atoms with Crippen molar-refractivity contribution in [1.29, 1.82) is 0 Å². The maximum Gasteiger partial charge on any atom is 0.0605 e. The van der Waals surface area contributed by atoms with Gasteiger partial charge in [-0.3, -0.25) is 0 Å². The first-order valence-corrected chi connectivity index (χ1v) is 12.0. The number of hydrogen-bond donors (Lipinski definition) is 1. The summed E-state index contributed by atoms with van der Waals surface area (Å²) in [4.78, 5) is 0. The molecule has 0 amide bonds. The summed E-state index contributed by atoms with van der Waals surface area (Å²) in [7, 11) is 0. The topological polar surface area (TPSA) is 20.2 Å². The molecule has 4 rings (SSSR count). The van der Waals surface area contributed by atoms with Gasteiger partial charge in [-0.25, -0.2) is 0 Å². The van der Waals surface area contributed by atoms with E-state index in [1.165, 1.54) is 25.7 Å². The molecule has 1 N–H and O–H groups in total. The van der Waals surface area contributed by atoms with Crippen LogP contribution in [0.1, 0.15) is 74.1 Å². The van der Waals surface area contributed by atoms with Crippen LogP contribution in [-0.2, 0) is 0 Å². The predicted molar refractivity (Wildman–Crippen MR) is 110 cm³/mol. The van der Waals surface area contributed by atoms with Crippen molar-refractivity contribution < 1.29 is 5.11 Å². The predicted octanol–water partition coefficient (Wildman–Crippen LogP) is 6.11. The first kappa shape index (κ1) is 19.3.